The first kappa shape index (κ1) is 12.0. The summed E-state index contributed by atoms with van der Waals surface area (Å²) in [4.78, 5) is 8.00. The van der Waals surface area contributed by atoms with E-state index in [1.807, 2.05) is 43.2 Å². The van der Waals surface area contributed by atoms with Gasteiger partial charge in [-0.05, 0) is 17.2 Å². The third-order valence-electron chi connectivity index (χ3n) is 2.23. The van der Waals surface area contributed by atoms with E-state index in [2.05, 4.69) is 12.1 Å². The Kier molecular flexibility index (Phi) is 4.80. The van der Waals surface area contributed by atoms with Crippen molar-refractivity contribution in [2.45, 2.75) is 6.42 Å². The molecule has 2 rings (SSSR count). The second kappa shape index (κ2) is 6.40. The first-order valence-corrected chi connectivity index (χ1v) is 4.96. The SMILES string of the molecule is C=O.Oc1ccccc1Cc1ccccc1. The Balaban J connectivity index is 0.000000606. The number of aromatic hydroxyl groups is 1. The molecule has 0 aromatic heterocycles. The number of benzene rings is 2. The Morgan fingerprint density at radius 3 is 2.06 bits per heavy atom. The van der Waals surface area contributed by atoms with Crippen LogP contribution in [-0.2, 0) is 11.2 Å². The number of para-hydroxylation sites is 1. The van der Waals surface area contributed by atoms with Gasteiger partial charge in [-0.25, -0.2) is 0 Å². The van der Waals surface area contributed by atoms with Crippen LogP contribution in [0.3, 0.4) is 0 Å². The van der Waals surface area contributed by atoms with Gasteiger partial charge < -0.3 is 9.90 Å². The van der Waals surface area contributed by atoms with E-state index in [4.69, 9.17) is 4.79 Å². The first-order valence-electron chi connectivity index (χ1n) is 4.96. The van der Waals surface area contributed by atoms with Crippen LogP contribution in [-0.4, -0.2) is 11.9 Å². The molecule has 2 aromatic carbocycles. The number of rotatable bonds is 2. The van der Waals surface area contributed by atoms with Gasteiger partial charge in [0.05, 0.1) is 0 Å². The molecule has 0 bridgehead atoms. The molecule has 1 N–H and O–H groups in total. The second-order valence-electron chi connectivity index (χ2n) is 3.29. The van der Waals surface area contributed by atoms with Gasteiger partial charge in [0.2, 0.25) is 0 Å². The van der Waals surface area contributed by atoms with Crippen molar-refractivity contribution in [2.24, 2.45) is 0 Å². The third-order valence-corrected chi connectivity index (χ3v) is 2.23. The van der Waals surface area contributed by atoms with Crippen molar-refractivity contribution < 1.29 is 9.90 Å². The van der Waals surface area contributed by atoms with Crippen LogP contribution in [0.4, 0.5) is 0 Å². The Morgan fingerprint density at radius 2 is 1.44 bits per heavy atom. The predicted octanol–water partition coefficient (Wildman–Crippen LogP) is 2.80. The number of hydrogen-bond donors (Lipinski definition) is 1. The van der Waals surface area contributed by atoms with E-state index in [9.17, 15) is 5.11 Å². The monoisotopic (exact) mass is 214 g/mol. The summed E-state index contributed by atoms with van der Waals surface area (Å²) in [7, 11) is 0. The fourth-order valence-electron chi connectivity index (χ4n) is 1.48. The minimum atomic E-state index is 0.372. The summed E-state index contributed by atoms with van der Waals surface area (Å²) in [6.45, 7) is 2.00. The highest BCUT2D eigenvalue weighted by molar-refractivity contribution is 5.36. The average Bonchev–Trinajstić information content (AvgIpc) is 2.36. The number of phenolic OH excluding ortho intramolecular Hbond substituents is 1. The van der Waals surface area contributed by atoms with Crippen LogP contribution in [0.2, 0.25) is 0 Å². The molecule has 2 aromatic rings. The number of hydrogen-bond acceptors (Lipinski definition) is 2. The molecule has 16 heavy (non-hydrogen) atoms. The maximum absolute atomic E-state index is 9.57. The smallest absolute Gasteiger partial charge is 0.119 e. The highest BCUT2D eigenvalue weighted by atomic mass is 16.3. The van der Waals surface area contributed by atoms with Crippen LogP contribution in [0.5, 0.6) is 5.75 Å². The number of carbonyl (C=O) groups excluding carboxylic acids is 1. The van der Waals surface area contributed by atoms with Crippen molar-refractivity contribution in [3.8, 4) is 5.75 Å². The predicted molar refractivity (Wildman–Crippen MR) is 64.5 cm³/mol. The number of carbonyl (C=O) groups is 1. The van der Waals surface area contributed by atoms with Crippen LogP contribution in [0.25, 0.3) is 0 Å². The topological polar surface area (TPSA) is 37.3 Å². The van der Waals surface area contributed by atoms with Crippen molar-refractivity contribution in [3.63, 3.8) is 0 Å². The summed E-state index contributed by atoms with van der Waals surface area (Å²) in [5.41, 5.74) is 2.19. The molecule has 82 valence electrons. The van der Waals surface area contributed by atoms with Gasteiger partial charge in [0.1, 0.15) is 12.5 Å². The molecule has 0 radical (unpaired) electrons. The van der Waals surface area contributed by atoms with E-state index >= 15 is 0 Å². The van der Waals surface area contributed by atoms with Crippen molar-refractivity contribution in [1.82, 2.24) is 0 Å². The van der Waals surface area contributed by atoms with Crippen LogP contribution >= 0.6 is 0 Å². The fraction of sp³-hybridized carbons (Fsp3) is 0.0714. The van der Waals surface area contributed by atoms with Crippen LogP contribution < -0.4 is 0 Å². The molecule has 0 saturated heterocycles. The molecule has 0 fully saturated rings. The molecule has 0 amide bonds. The molecule has 0 heterocycles. The molecule has 0 unspecified atom stereocenters. The molecular formula is C14H14O2. The normalized spacial score (nSPS) is 9.00. The van der Waals surface area contributed by atoms with E-state index in [-0.39, 0.29) is 0 Å². The summed E-state index contributed by atoms with van der Waals surface area (Å²) in [6.07, 6.45) is 0.785. The van der Waals surface area contributed by atoms with Crippen molar-refractivity contribution in [1.29, 1.82) is 0 Å². The maximum atomic E-state index is 9.57. The first-order chi connectivity index (χ1) is 7.86. The van der Waals surface area contributed by atoms with E-state index in [1.165, 1.54) is 5.56 Å². The third kappa shape index (κ3) is 3.24. The summed E-state index contributed by atoms with van der Waals surface area (Å²) >= 11 is 0. The van der Waals surface area contributed by atoms with Crippen LogP contribution in [0.1, 0.15) is 11.1 Å². The Hall–Kier alpha value is -2.09. The van der Waals surface area contributed by atoms with Crippen molar-refractivity contribution in [3.05, 3.63) is 65.7 Å². The average molecular weight is 214 g/mol. The lowest BCUT2D eigenvalue weighted by atomic mass is 10.0. The molecule has 0 spiro atoms. The van der Waals surface area contributed by atoms with Crippen LogP contribution in [0.15, 0.2) is 54.6 Å². The molecular weight excluding hydrogens is 200 g/mol. The molecule has 0 aliphatic heterocycles. The van der Waals surface area contributed by atoms with Gasteiger partial charge in [0, 0.05) is 6.42 Å². The van der Waals surface area contributed by atoms with Crippen LogP contribution in [0, 0.1) is 0 Å². The molecule has 0 saturated carbocycles. The summed E-state index contributed by atoms with van der Waals surface area (Å²) < 4.78 is 0. The molecule has 2 heteroatoms. The van der Waals surface area contributed by atoms with Gasteiger partial charge in [0.25, 0.3) is 0 Å². The van der Waals surface area contributed by atoms with Crippen molar-refractivity contribution >= 4 is 6.79 Å². The highest BCUT2D eigenvalue weighted by Crippen LogP contribution is 2.19. The van der Waals surface area contributed by atoms with Gasteiger partial charge >= 0.3 is 0 Å². The van der Waals surface area contributed by atoms with E-state index in [1.54, 1.807) is 6.07 Å². The molecule has 0 atom stereocenters. The maximum Gasteiger partial charge on any atom is 0.119 e. The van der Waals surface area contributed by atoms with E-state index in [0.29, 0.717) is 5.75 Å². The highest BCUT2D eigenvalue weighted by Gasteiger charge is 1.99. The van der Waals surface area contributed by atoms with E-state index in [0.717, 1.165) is 12.0 Å². The molecule has 0 aliphatic rings. The summed E-state index contributed by atoms with van der Waals surface area (Å²) in [5, 5.41) is 9.57. The summed E-state index contributed by atoms with van der Waals surface area (Å²) in [5.74, 6) is 0.372. The molecule has 2 nitrogen and oxygen atoms in total. The standard InChI is InChI=1S/C13H12O.CH2O/c14-13-9-5-4-8-12(13)10-11-6-2-1-3-7-11;1-2/h1-9,14H,10H2;1H2. The molecule has 0 aliphatic carbocycles. The van der Waals surface area contributed by atoms with Gasteiger partial charge in [0.15, 0.2) is 0 Å². The lowest BCUT2D eigenvalue weighted by molar-refractivity contribution is -0.0979. The van der Waals surface area contributed by atoms with Gasteiger partial charge in [-0.1, -0.05) is 48.5 Å². The largest absolute Gasteiger partial charge is 0.508 e. The lowest BCUT2D eigenvalue weighted by Gasteiger charge is -2.03. The van der Waals surface area contributed by atoms with Gasteiger partial charge in [-0.15, -0.1) is 0 Å². The minimum Gasteiger partial charge on any atom is -0.508 e. The zero-order chi connectivity index (χ0) is 11.8. The van der Waals surface area contributed by atoms with Crippen molar-refractivity contribution in [2.75, 3.05) is 0 Å². The zero-order valence-corrected chi connectivity index (χ0v) is 8.97. The summed E-state index contributed by atoms with van der Waals surface area (Å²) in [6, 6.07) is 17.6. The van der Waals surface area contributed by atoms with Gasteiger partial charge in [-0.3, -0.25) is 0 Å². The Bertz CT molecular complexity index is 424. The zero-order valence-electron chi connectivity index (χ0n) is 8.97. The minimum absolute atomic E-state index is 0.372. The fourth-order valence-corrected chi connectivity index (χ4v) is 1.48. The lowest BCUT2D eigenvalue weighted by Crippen LogP contribution is -1.87. The number of phenols is 1. The second-order valence-corrected chi connectivity index (χ2v) is 3.29. The Labute approximate surface area is 95.2 Å². The Morgan fingerprint density at radius 1 is 0.875 bits per heavy atom. The quantitative estimate of drug-likeness (QED) is 0.834. The van der Waals surface area contributed by atoms with Gasteiger partial charge in [-0.2, -0.15) is 0 Å². The van der Waals surface area contributed by atoms with E-state index < -0.39 is 0 Å².